The van der Waals surface area contributed by atoms with Gasteiger partial charge in [-0.1, -0.05) is 19.1 Å². The molecule has 2 unspecified atom stereocenters. The Hall–Kier alpha value is -0.970. The van der Waals surface area contributed by atoms with Crippen molar-refractivity contribution in [2.45, 2.75) is 19.1 Å². The minimum atomic E-state index is -0.191. The first-order chi connectivity index (χ1) is 8.76. The minimum Gasteiger partial charge on any atom is -0.374 e. The maximum Gasteiger partial charge on any atom is 0.123 e. The second-order valence-electron chi connectivity index (χ2n) is 4.59. The second-order valence-corrected chi connectivity index (χ2v) is 4.59. The Morgan fingerprint density at radius 2 is 2.11 bits per heavy atom. The van der Waals surface area contributed by atoms with Crippen molar-refractivity contribution in [2.24, 2.45) is 0 Å². The molecule has 2 rings (SSSR count). The number of hydrogen-bond donors (Lipinski definition) is 1. The van der Waals surface area contributed by atoms with Gasteiger partial charge in [0.25, 0.3) is 0 Å². The van der Waals surface area contributed by atoms with Crippen molar-refractivity contribution in [3.8, 4) is 0 Å². The molecule has 1 aliphatic rings. The van der Waals surface area contributed by atoms with E-state index >= 15 is 0 Å². The standard InChI is InChI=1S/C14H21FN2O/c1-3-17-8-9-18-13(10-16-2)14(17)11-4-6-12(15)7-5-11/h4-7,13-14,16H,3,8-10H2,1-2H3. The average molecular weight is 252 g/mol. The fraction of sp³-hybridized carbons (Fsp3) is 0.571. The van der Waals surface area contributed by atoms with Crippen LogP contribution >= 0.6 is 0 Å². The third-order valence-electron chi connectivity index (χ3n) is 3.48. The molecule has 0 saturated carbocycles. The summed E-state index contributed by atoms with van der Waals surface area (Å²) >= 11 is 0. The Morgan fingerprint density at radius 3 is 2.72 bits per heavy atom. The summed E-state index contributed by atoms with van der Waals surface area (Å²) < 4.78 is 18.9. The van der Waals surface area contributed by atoms with Gasteiger partial charge in [0.05, 0.1) is 18.8 Å². The molecule has 1 aliphatic heterocycles. The molecule has 18 heavy (non-hydrogen) atoms. The average Bonchev–Trinajstić information content (AvgIpc) is 2.40. The van der Waals surface area contributed by atoms with E-state index in [9.17, 15) is 4.39 Å². The van der Waals surface area contributed by atoms with Gasteiger partial charge in [0.1, 0.15) is 5.82 Å². The number of likely N-dealkylation sites (N-methyl/N-ethyl adjacent to an activating group) is 2. The number of morpholine rings is 1. The number of ether oxygens (including phenoxy) is 1. The molecule has 1 saturated heterocycles. The molecule has 0 radical (unpaired) electrons. The fourth-order valence-electron chi connectivity index (χ4n) is 2.60. The van der Waals surface area contributed by atoms with Gasteiger partial charge in [0.15, 0.2) is 0 Å². The van der Waals surface area contributed by atoms with E-state index in [1.807, 2.05) is 19.2 Å². The van der Waals surface area contributed by atoms with Crippen LogP contribution in [-0.4, -0.2) is 44.3 Å². The molecule has 1 heterocycles. The zero-order chi connectivity index (χ0) is 13.0. The van der Waals surface area contributed by atoms with Gasteiger partial charge < -0.3 is 10.1 Å². The van der Waals surface area contributed by atoms with Gasteiger partial charge in [-0.3, -0.25) is 4.90 Å². The van der Waals surface area contributed by atoms with Crippen LogP contribution in [0.15, 0.2) is 24.3 Å². The molecule has 1 N–H and O–H groups in total. The summed E-state index contributed by atoms with van der Waals surface area (Å²) in [7, 11) is 1.93. The van der Waals surface area contributed by atoms with Crippen LogP contribution in [0.25, 0.3) is 0 Å². The zero-order valence-corrected chi connectivity index (χ0v) is 11.0. The van der Waals surface area contributed by atoms with E-state index in [4.69, 9.17) is 4.74 Å². The Balaban J connectivity index is 2.24. The van der Waals surface area contributed by atoms with Gasteiger partial charge >= 0.3 is 0 Å². The van der Waals surface area contributed by atoms with Gasteiger partial charge in [-0.2, -0.15) is 0 Å². The van der Waals surface area contributed by atoms with E-state index in [-0.39, 0.29) is 18.0 Å². The summed E-state index contributed by atoms with van der Waals surface area (Å²) in [6, 6.07) is 6.97. The van der Waals surface area contributed by atoms with Crippen molar-refractivity contribution in [1.29, 1.82) is 0 Å². The van der Waals surface area contributed by atoms with Gasteiger partial charge in [-0.05, 0) is 31.3 Å². The van der Waals surface area contributed by atoms with Gasteiger partial charge in [0, 0.05) is 13.1 Å². The van der Waals surface area contributed by atoms with Crippen molar-refractivity contribution in [2.75, 3.05) is 33.3 Å². The van der Waals surface area contributed by atoms with Crippen LogP contribution in [0.5, 0.6) is 0 Å². The Labute approximate surface area is 108 Å². The molecule has 0 aliphatic carbocycles. The molecular weight excluding hydrogens is 231 g/mol. The summed E-state index contributed by atoms with van der Waals surface area (Å²) in [5, 5.41) is 3.17. The van der Waals surface area contributed by atoms with E-state index in [0.717, 1.165) is 31.8 Å². The lowest BCUT2D eigenvalue weighted by Crippen LogP contribution is -2.48. The largest absolute Gasteiger partial charge is 0.374 e. The molecule has 0 aromatic heterocycles. The van der Waals surface area contributed by atoms with Crippen molar-refractivity contribution < 1.29 is 9.13 Å². The number of benzene rings is 1. The minimum absolute atomic E-state index is 0.120. The lowest BCUT2D eigenvalue weighted by molar-refractivity contribution is -0.0686. The first-order valence-electron chi connectivity index (χ1n) is 6.52. The number of nitrogens with zero attached hydrogens (tertiary/aromatic N) is 1. The summed E-state index contributed by atoms with van der Waals surface area (Å²) in [5.41, 5.74) is 1.12. The first-order valence-corrected chi connectivity index (χ1v) is 6.52. The van der Waals surface area contributed by atoms with Crippen LogP contribution in [0, 0.1) is 5.82 Å². The van der Waals surface area contributed by atoms with Gasteiger partial charge in [-0.15, -0.1) is 0 Å². The molecule has 1 aromatic carbocycles. The maximum atomic E-state index is 13.0. The molecule has 4 heteroatoms. The predicted molar refractivity (Wildman–Crippen MR) is 70.1 cm³/mol. The Bertz CT molecular complexity index is 367. The number of hydrogen-bond acceptors (Lipinski definition) is 3. The van der Waals surface area contributed by atoms with Crippen LogP contribution in [0.1, 0.15) is 18.5 Å². The van der Waals surface area contributed by atoms with Crippen molar-refractivity contribution in [3.05, 3.63) is 35.6 Å². The molecule has 3 nitrogen and oxygen atoms in total. The van der Waals surface area contributed by atoms with Crippen molar-refractivity contribution in [3.63, 3.8) is 0 Å². The predicted octanol–water partition coefficient (Wildman–Crippen LogP) is 1.81. The van der Waals surface area contributed by atoms with Crippen LogP contribution < -0.4 is 5.32 Å². The lowest BCUT2D eigenvalue weighted by atomic mass is 9.98. The summed E-state index contributed by atoms with van der Waals surface area (Å²) in [5.74, 6) is -0.191. The monoisotopic (exact) mass is 252 g/mol. The highest BCUT2D eigenvalue weighted by atomic mass is 19.1. The highest BCUT2D eigenvalue weighted by Gasteiger charge is 2.32. The normalized spacial score (nSPS) is 25.3. The first kappa shape index (κ1) is 13.5. The van der Waals surface area contributed by atoms with Crippen LogP contribution in [0.2, 0.25) is 0 Å². The quantitative estimate of drug-likeness (QED) is 0.884. The number of halogens is 1. The lowest BCUT2D eigenvalue weighted by Gasteiger charge is -2.41. The Morgan fingerprint density at radius 1 is 1.39 bits per heavy atom. The van der Waals surface area contributed by atoms with Gasteiger partial charge in [-0.25, -0.2) is 4.39 Å². The van der Waals surface area contributed by atoms with Crippen molar-refractivity contribution >= 4 is 0 Å². The highest BCUT2D eigenvalue weighted by Crippen LogP contribution is 2.29. The van der Waals surface area contributed by atoms with E-state index in [1.54, 1.807) is 0 Å². The van der Waals surface area contributed by atoms with E-state index in [2.05, 4.69) is 17.1 Å². The third-order valence-corrected chi connectivity index (χ3v) is 3.48. The van der Waals surface area contributed by atoms with Gasteiger partial charge in [0.2, 0.25) is 0 Å². The number of nitrogens with one attached hydrogen (secondary N) is 1. The molecule has 0 bridgehead atoms. The molecule has 1 aromatic rings. The zero-order valence-electron chi connectivity index (χ0n) is 11.0. The molecule has 2 atom stereocenters. The second kappa shape index (κ2) is 6.27. The molecule has 0 amide bonds. The molecule has 100 valence electrons. The van der Waals surface area contributed by atoms with E-state index in [0.29, 0.717) is 0 Å². The van der Waals surface area contributed by atoms with E-state index in [1.165, 1.54) is 12.1 Å². The summed E-state index contributed by atoms with van der Waals surface area (Å²) in [6.45, 7) is 5.62. The molecule has 0 spiro atoms. The van der Waals surface area contributed by atoms with Crippen LogP contribution in [-0.2, 0) is 4.74 Å². The SMILES string of the molecule is CCN1CCOC(CNC)C1c1ccc(F)cc1. The molecular formula is C14H21FN2O. The smallest absolute Gasteiger partial charge is 0.123 e. The fourth-order valence-corrected chi connectivity index (χ4v) is 2.60. The van der Waals surface area contributed by atoms with Crippen LogP contribution in [0.3, 0.4) is 0 Å². The summed E-state index contributed by atoms with van der Waals surface area (Å²) in [6.07, 6.45) is 0.120. The highest BCUT2D eigenvalue weighted by molar-refractivity contribution is 5.22. The van der Waals surface area contributed by atoms with Crippen molar-refractivity contribution in [1.82, 2.24) is 10.2 Å². The summed E-state index contributed by atoms with van der Waals surface area (Å²) in [4.78, 5) is 2.39. The topological polar surface area (TPSA) is 24.5 Å². The third kappa shape index (κ3) is 2.88. The van der Waals surface area contributed by atoms with E-state index < -0.39 is 0 Å². The molecule has 1 fully saturated rings. The number of rotatable bonds is 4. The Kier molecular flexibility index (Phi) is 4.69. The maximum absolute atomic E-state index is 13.0. The van der Waals surface area contributed by atoms with Crippen LogP contribution in [0.4, 0.5) is 4.39 Å².